The van der Waals surface area contributed by atoms with E-state index in [1.165, 1.54) is 11.1 Å². The highest BCUT2D eigenvalue weighted by molar-refractivity contribution is 6.04. The third-order valence-electron chi connectivity index (χ3n) is 4.29. The van der Waals surface area contributed by atoms with Gasteiger partial charge in [0.2, 0.25) is 0 Å². The SMILES string of the molecule is O=C(C=C1CCC(c2ccccc2)CC1)c1ccccc1. The molecular weight excluding hydrogens is 256 g/mol. The Morgan fingerprint density at radius 2 is 1.43 bits per heavy atom. The van der Waals surface area contributed by atoms with Crippen LogP contribution in [0.25, 0.3) is 0 Å². The van der Waals surface area contributed by atoms with Gasteiger partial charge in [-0.1, -0.05) is 66.2 Å². The smallest absolute Gasteiger partial charge is 0.185 e. The van der Waals surface area contributed by atoms with E-state index in [2.05, 4.69) is 30.3 Å². The van der Waals surface area contributed by atoms with Crippen molar-refractivity contribution in [2.75, 3.05) is 0 Å². The fraction of sp³-hybridized carbons (Fsp3) is 0.250. The summed E-state index contributed by atoms with van der Waals surface area (Å²) < 4.78 is 0. The molecule has 1 heteroatoms. The van der Waals surface area contributed by atoms with Crippen LogP contribution in [-0.4, -0.2) is 5.78 Å². The summed E-state index contributed by atoms with van der Waals surface area (Å²) in [5.41, 5.74) is 3.53. The minimum absolute atomic E-state index is 0.142. The molecule has 2 aromatic rings. The lowest BCUT2D eigenvalue weighted by Gasteiger charge is -2.24. The minimum Gasteiger partial charge on any atom is -0.289 e. The van der Waals surface area contributed by atoms with Crippen LogP contribution in [-0.2, 0) is 0 Å². The summed E-state index contributed by atoms with van der Waals surface area (Å²) in [4.78, 5) is 12.2. The summed E-state index contributed by atoms with van der Waals surface area (Å²) in [5, 5.41) is 0. The highest BCUT2D eigenvalue weighted by Gasteiger charge is 2.18. The van der Waals surface area contributed by atoms with Crippen LogP contribution in [0, 0.1) is 0 Å². The number of benzene rings is 2. The molecule has 2 aromatic carbocycles. The largest absolute Gasteiger partial charge is 0.289 e. The van der Waals surface area contributed by atoms with E-state index >= 15 is 0 Å². The van der Waals surface area contributed by atoms with Crippen LogP contribution in [0.1, 0.15) is 47.5 Å². The fourth-order valence-electron chi connectivity index (χ4n) is 3.06. The topological polar surface area (TPSA) is 17.1 Å². The van der Waals surface area contributed by atoms with E-state index in [1.54, 1.807) is 0 Å². The Balaban J connectivity index is 1.63. The molecule has 0 spiro atoms. The summed E-state index contributed by atoms with van der Waals surface area (Å²) in [6.45, 7) is 0. The van der Waals surface area contributed by atoms with Gasteiger partial charge in [-0.2, -0.15) is 0 Å². The van der Waals surface area contributed by atoms with Crippen molar-refractivity contribution in [2.45, 2.75) is 31.6 Å². The second-order valence-electron chi connectivity index (χ2n) is 5.72. The van der Waals surface area contributed by atoms with Crippen LogP contribution < -0.4 is 0 Å². The van der Waals surface area contributed by atoms with Crippen molar-refractivity contribution in [2.24, 2.45) is 0 Å². The standard InChI is InChI=1S/C20H20O/c21-20(19-9-5-2-6-10-19)15-16-11-13-18(14-12-16)17-7-3-1-4-8-17/h1-10,15,18H,11-14H2. The van der Waals surface area contributed by atoms with Crippen LogP contribution in [0.15, 0.2) is 72.3 Å². The Bertz CT molecular complexity index is 615. The molecule has 0 unspecified atom stereocenters. The Kier molecular flexibility index (Phi) is 4.30. The molecule has 0 bridgehead atoms. The molecule has 1 nitrogen and oxygen atoms in total. The minimum atomic E-state index is 0.142. The molecule has 0 saturated heterocycles. The quantitative estimate of drug-likeness (QED) is 0.559. The molecule has 1 saturated carbocycles. The van der Waals surface area contributed by atoms with E-state index in [0.717, 1.165) is 31.2 Å². The number of rotatable bonds is 3. The van der Waals surface area contributed by atoms with Crippen LogP contribution >= 0.6 is 0 Å². The Labute approximate surface area is 126 Å². The number of allylic oxidation sites excluding steroid dienone is 2. The number of hydrogen-bond acceptors (Lipinski definition) is 1. The normalized spacial score (nSPS) is 18.3. The Morgan fingerprint density at radius 3 is 2.05 bits per heavy atom. The molecule has 1 aliphatic rings. The summed E-state index contributed by atoms with van der Waals surface area (Å²) in [6, 6.07) is 20.3. The molecule has 3 rings (SSSR count). The maximum Gasteiger partial charge on any atom is 0.185 e. The van der Waals surface area contributed by atoms with Gasteiger partial charge >= 0.3 is 0 Å². The zero-order valence-electron chi connectivity index (χ0n) is 12.2. The van der Waals surface area contributed by atoms with Gasteiger partial charge in [-0.3, -0.25) is 4.79 Å². The molecule has 0 amide bonds. The van der Waals surface area contributed by atoms with Gasteiger partial charge in [0.05, 0.1) is 0 Å². The third kappa shape index (κ3) is 3.49. The van der Waals surface area contributed by atoms with E-state index in [4.69, 9.17) is 0 Å². The lowest BCUT2D eigenvalue weighted by atomic mass is 9.81. The number of carbonyl (C=O) groups is 1. The van der Waals surface area contributed by atoms with E-state index < -0.39 is 0 Å². The molecule has 0 aliphatic heterocycles. The Morgan fingerprint density at radius 1 is 0.857 bits per heavy atom. The van der Waals surface area contributed by atoms with Crippen LogP contribution in [0.3, 0.4) is 0 Å². The predicted molar refractivity (Wildman–Crippen MR) is 86.5 cm³/mol. The maximum atomic E-state index is 12.2. The molecule has 0 N–H and O–H groups in total. The monoisotopic (exact) mass is 276 g/mol. The molecule has 1 fully saturated rings. The van der Waals surface area contributed by atoms with Gasteiger partial charge in [-0.15, -0.1) is 0 Å². The highest BCUT2D eigenvalue weighted by atomic mass is 16.1. The van der Waals surface area contributed by atoms with Gasteiger partial charge in [0.25, 0.3) is 0 Å². The average Bonchev–Trinajstić information content (AvgIpc) is 2.57. The van der Waals surface area contributed by atoms with Crippen LogP contribution in [0.5, 0.6) is 0 Å². The third-order valence-corrected chi connectivity index (χ3v) is 4.29. The molecule has 106 valence electrons. The first kappa shape index (κ1) is 13.8. The maximum absolute atomic E-state index is 12.2. The molecule has 21 heavy (non-hydrogen) atoms. The van der Waals surface area contributed by atoms with Gasteiger partial charge in [0, 0.05) is 5.56 Å². The number of carbonyl (C=O) groups excluding carboxylic acids is 1. The van der Waals surface area contributed by atoms with Crippen molar-refractivity contribution in [3.05, 3.63) is 83.4 Å². The second kappa shape index (κ2) is 6.53. The van der Waals surface area contributed by atoms with Gasteiger partial charge in [-0.05, 0) is 43.2 Å². The summed E-state index contributed by atoms with van der Waals surface area (Å²) in [7, 11) is 0. The van der Waals surface area contributed by atoms with Gasteiger partial charge in [0.1, 0.15) is 0 Å². The lowest BCUT2D eigenvalue weighted by molar-refractivity contribution is 0.104. The first-order chi connectivity index (χ1) is 10.3. The first-order valence-electron chi connectivity index (χ1n) is 7.67. The van der Waals surface area contributed by atoms with Crippen LogP contribution in [0.4, 0.5) is 0 Å². The van der Waals surface area contributed by atoms with Crippen molar-refractivity contribution < 1.29 is 4.79 Å². The predicted octanol–water partition coefficient (Wildman–Crippen LogP) is 5.15. The van der Waals surface area contributed by atoms with E-state index in [0.29, 0.717) is 5.92 Å². The van der Waals surface area contributed by atoms with E-state index in [9.17, 15) is 4.79 Å². The van der Waals surface area contributed by atoms with Gasteiger partial charge in [0.15, 0.2) is 5.78 Å². The summed E-state index contributed by atoms with van der Waals surface area (Å²) in [6.07, 6.45) is 6.24. The van der Waals surface area contributed by atoms with Crippen LogP contribution in [0.2, 0.25) is 0 Å². The van der Waals surface area contributed by atoms with Crippen molar-refractivity contribution in [1.82, 2.24) is 0 Å². The molecule has 1 aliphatic carbocycles. The fourth-order valence-corrected chi connectivity index (χ4v) is 3.06. The zero-order valence-corrected chi connectivity index (χ0v) is 12.2. The molecule has 0 heterocycles. The first-order valence-corrected chi connectivity index (χ1v) is 7.67. The highest BCUT2D eigenvalue weighted by Crippen LogP contribution is 2.35. The van der Waals surface area contributed by atoms with Crippen molar-refractivity contribution in [1.29, 1.82) is 0 Å². The summed E-state index contributed by atoms with van der Waals surface area (Å²) >= 11 is 0. The van der Waals surface area contributed by atoms with E-state index in [1.807, 2.05) is 36.4 Å². The molecule has 0 aromatic heterocycles. The van der Waals surface area contributed by atoms with Crippen molar-refractivity contribution in [3.63, 3.8) is 0 Å². The number of hydrogen-bond donors (Lipinski definition) is 0. The zero-order chi connectivity index (χ0) is 14.5. The Hall–Kier alpha value is -2.15. The number of ketones is 1. The van der Waals surface area contributed by atoms with Crippen molar-refractivity contribution in [3.8, 4) is 0 Å². The van der Waals surface area contributed by atoms with Crippen molar-refractivity contribution >= 4 is 5.78 Å². The molecular formula is C20H20O. The van der Waals surface area contributed by atoms with Gasteiger partial charge in [-0.25, -0.2) is 0 Å². The summed E-state index contributed by atoms with van der Waals surface area (Å²) in [5.74, 6) is 0.791. The van der Waals surface area contributed by atoms with E-state index in [-0.39, 0.29) is 5.78 Å². The molecule has 0 atom stereocenters. The lowest BCUT2D eigenvalue weighted by Crippen LogP contribution is -2.08. The van der Waals surface area contributed by atoms with Gasteiger partial charge < -0.3 is 0 Å². The average molecular weight is 276 g/mol. The molecule has 0 radical (unpaired) electrons. The second-order valence-corrected chi connectivity index (χ2v) is 5.72.